The van der Waals surface area contributed by atoms with E-state index in [4.69, 9.17) is 0 Å². The molecule has 0 aliphatic rings. The lowest BCUT2D eigenvalue weighted by atomic mass is 9.87. The van der Waals surface area contributed by atoms with Gasteiger partial charge in [0, 0.05) is 5.38 Å². The van der Waals surface area contributed by atoms with Gasteiger partial charge in [0.15, 0.2) is 0 Å². The van der Waals surface area contributed by atoms with Crippen LogP contribution in [0.3, 0.4) is 0 Å². The molecule has 1 aromatic heterocycles. The van der Waals surface area contributed by atoms with Crippen LogP contribution in [-0.4, -0.2) is 25.4 Å². The maximum atomic E-state index is 13.0. The average molecular weight is 458 g/mol. The first-order valence-electron chi connectivity index (χ1n) is 9.97. The molecule has 8 heteroatoms. The van der Waals surface area contributed by atoms with Crippen molar-refractivity contribution >= 4 is 27.3 Å². The second kappa shape index (κ2) is 9.72. The second-order valence-corrected chi connectivity index (χ2v) is 10.8. The zero-order valence-electron chi connectivity index (χ0n) is 17.8. The van der Waals surface area contributed by atoms with Crippen molar-refractivity contribution in [3.05, 3.63) is 82.3 Å². The highest BCUT2D eigenvalue weighted by atomic mass is 32.2. The molecule has 0 saturated heterocycles. The Labute approximate surface area is 187 Å². The van der Waals surface area contributed by atoms with Gasteiger partial charge < -0.3 is 5.32 Å². The van der Waals surface area contributed by atoms with Crippen molar-refractivity contribution < 1.29 is 13.2 Å². The zero-order chi connectivity index (χ0) is 22.5. The second-order valence-electron chi connectivity index (χ2n) is 8.34. The van der Waals surface area contributed by atoms with E-state index in [1.54, 1.807) is 17.6 Å². The highest BCUT2D eigenvalue weighted by Gasteiger charge is 2.26. The van der Waals surface area contributed by atoms with Crippen molar-refractivity contribution in [3.8, 4) is 0 Å². The van der Waals surface area contributed by atoms with Crippen molar-refractivity contribution in [2.24, 2.45) is 0 Å². The molecule has 0 bridgehead atoms. The number of nitrogens with zero attached hydrogens (tertiary/aromatic N) is 1. The molecule has 1 atom stereocenters. The van der Waals surface area contributed by atoms with Crippen LogP contribution in [0.15, 0.2) is 70.4 Å². The van der Waals surface area contributed by atoms with Gasteiger partial charge in [-0.1, -0.05) is 63.2 Å². The van der Waals surface area contributed by atoms with Crippen LogP contribution in [-0.2, 0) is 33.2 Å². The Morgan fingerprint density at radius 2 is 1.74 bits per heavy atom. The molecule has 0 radical (unpaired) electrons. The van der Waals surface area contributed by atoms with Gasteiger partial charge in [0.2, 0.25) is 15.9 Å². The van der Waals surface area contributed by atoms with Crippen molar-refractivity contribution in [1.29, 1.82) is 0 Å². The molecule has 2 aromatic carbocycles. The molecule has 6 nitrogen and oxygen atoms in total. The SMILES string of the molecule is CC(C)(C)c1ccc(S(=O)(=O)N[C@@H](Cc2ccccc2)C(=O)NCc2cscn2)cc1. The Morgan fingerprint density at radius 1 is 1.06 bits per heavy atom. The standard InChI is InChI=1S/C23H27N3O3S2/c1-23(2,3)18-9-11-20(12-10-18)31(28,29)26-21(13-17-7-5-4-6-8-17)22(27)24-14-19-15-30-16-25-19/h4-12,15-16,21,26H,13-14H2,1-3H3,(H,24,27)/t21-/m0/s1. The predicted octanol–water partition coefficient (Wildman–Crippen LogP) is 3.65. The summed E-state index contributed by atoms with van der Waals surface area (Å²) in [4.78, 5) is 17.2. The number of carbonyl (C=O) groups excluding carboxylic acids is 1. The third-order valence-corrected chi connectivity index (χ3v) is 6.98. The van der Waals surface area contributed by atoms with Crippen LogP contribution in [0.2, 0.25) is 0 Å². The van der Waals surface area contributed by atoms with Crippen LogP contribution in [0.1, 0.15) is 37.6 Å². The Balaban J connectivity index is 1.79. The average Bonchev–Trinajstić information content (AvgIpc) is 3.25. The van der Waals surface area contributed by atoms with Gasteiger partial charge in [-0.3, -0.25) is 4.79 Å². The molecule has 0 spiro atoms. The van der Waals surface area contributed by atoms with Gasteiger partial charge in [0.1, 0.15) is 6.04 Å². The minimum absolute atomic E-state index is 0.0822. The van der Waals surface area contributed by atoms with Crippen molar-refractivity contribution in [2.45, 2.75) is 50.1 Å². The van der Waals surface area contributed by atoms with E-state index in [0.717, 1.165) is 16.8 Å². The Bertz CT molecular complexity index is 1090. The van der Waals surface area contributed by atoms with Gasteiger partial charge in [-0.15, -0.1) is 11.3 Å². The van der Waals surface area contributed by atoms with Crippen LogP contribution < -0.4 is 10.0 Å². The molecule has 0 aliphatic carbocycles. The molecule has 0 saturated carbocycles. The fourth-order valence-corrected chi connectivity index (χ4v) is 4.81. The smallest absolute Gasteiger partial charge is 0.241 e. The lowest BCUT2D eigenvalue weighted by Gasteiger charge is -2.21. The third-order valence-electron chi connectivity index (χ3n) is 4.85. The topological polar surface area (TPSA) is 88.2 Å². The lowest BCUT2D eigenvalue weighted by molar-refractivity contribution is -0.122. The summed E-state index contributed by atoms with van der Waals surface area (Å²) in [5.74, 6) is -0.397. The number of hydrogen-bond donors (Lipinski definition) is 2. The largest absolute Gasteiger partial charge is 0.349 e. The van der Waals surface area contributed by atoms with E-state index in [1.807, 2.05) is 47.8 Å². The van der Waals surface area contributed by atoms with E-state index >= 15 is 0 Å². The first-order chi connectivity index (χ1) is 14.6. The fourth-order valence-electron chi connectivity index (χ4n) is 3.05. The summed E-state index contributed by atoms with van der Waals surface area (Å²) < 4.78 is 28.6. The van der Waals surface area contributed by atoms with Crippen LogP contribution >= 0.6 is 11.3 Å². The lowest BCUT2D eigenvalue weighted by Crippen LogP contribution is -2.47. The summed E-state index contributed by atoms with van der Waals surface area (Å²) in [5.41, 5.74) is 4.24. The first-order valence-corrected chi connectivity index (χ1v) is 12.4. The van der Waals surface area contributed by atoms with Crippen molar-refractivity contribution in [3.63, 3.8) is 0 Å². The van der Waals surface area contributed by atoms with Gasteiger partial charge in [0.05, 0.1) is 22.6 Å². The number of hydrogen-bond acceptors (Lipinski definition) is 5. The van der Waals surface area contributed by atoms with Gasteiger partial charge in [-0.2, -0.15) is 4.72 Å². The highest BCUT2D eigenvalue weighted by molar-refractivity contribution is 7.89. The third kappa shape index (κ3) is 6.46. The van der Waals surface area contributed by atoms with E-state index in [1.165, 1.54) is 11.3 Å². The van der Waals surface area contributed by atoms with E-state index in [9.17, 15) is 13.2 Å². The van der Waals surface area contributed by atoms with Gasteiger partial charge >= 0.3 is 0 Å². The number of sulfonamides is 1. The number of amides is 1. The number of rotatable bonds is 8. The minimum Gasteiger partial charge on any atom is -0.349 e. The number of carbonyl (C=O) groups is 1. The number of nitrogens with one attached hydrogen (secondary N) is 2. The summed E-state index contributed by atoms with van der Waals surface area (Å²) in [6.45, 7) is 6.45. The van der Waals surface area contributed by atoms with Crippen LogP contribution in [0.25, 0.3) is 0 Å². The maximum absolute atomic E-state index is 13.0. The zero-order valence-corrected chi connectivity index (χ0v) is 19.5. The summed E-state index contributed by atoms with van der Waals surface area (Å²) in [7, 11) is -3.88. The highest BCUT2D eigenvalue weighted by Crippen LogP contribution is 2.23. The van der Waals surface area contributed by atoms with E-state index in [0.29, 0.717) is 0 Å². The van der Waals surface area contributed by atoms with Gasteiger partial charge in [-0.25, -0.2) is 13.4 Å². The molecule has 0 unspecified atom stereocenters. The molecule has 31 heavy (non-hydrogen) atoms. The van der Waals surface area contributed by atoms with Crippen LogP contribution in [0.5, 0.6) is 0 Å². The molecule has 0 aliphatic heterocycles. The normalized spacial score (nSPS) is 13.0. The maximum Gasteiger partial charge on any atom is 0.241 e. The molecule has 0 fully saturated rings. The Hall–Kier alpha value is -2.55. The summed E-state index contributed by atoms with van der Waals surface area (Å²) in [5, 5.41) is 4.63. The Kier molecular flexibility index (Phi) is 7.25. The fraction of sp³-hybridized carbons (Fsp3) is 0.304. The van der Waals surface area contributed by atoms with E-state index < -0.39 is 22.0 Å². The first kappa shape index (κ1) is 23.1. The number of aromatic nitrogens is 1. The molecule has 164 valence electrons. The Morgan fingerprint density at radius 3 is 2.32 bits per heavy atom. The number of benzene rings is 2. The predicted molar refractivity (Wildman–Crippen MR) is 123 cm³/mol. The van der Waals surface area contributed by atoms with Gasteiger partial charge in [0.25, 0.3) is 0 Å². The van der Waals surface area contributed by atoms with E-state index in [2.05, 4.69) is 35.8 Å². The van der Waals surface area contributed by atoms with E-state index in [-0.39, 0.29) is 23.3 Å². The monoisotopic (exact) mass is 457 g/mol. The van der Waals surface area contributed by atoms with Gasteiger partial charge in [-0.05, 0) is 35.1 Å². The van der Waals surface area contributed by atoms with Crippen LogP contribution in [0, 0.1) is 0 Å². The molecule has 3 aromatic rings. The summed E-state index contributed by atoms with van der Waals surface area (Å²) in [6, 6.07) is 15.2. The molecule has 1 amide bonds. The molecular weight excluding hydrogens is 430 g/mol. The molecular formula is C23H27N3O3S2. The quantitative estimate of drug-likeness (QED) is 0.540. The van der Waals surface area contributed by atoms with Crippen molar-refractivity contribution in [2.75, 3.05) is 0 Å². The molecule has 3 rings (SSSR count). The number of thiazole rings is 1. The molecule has 1 heterocycles. The minimum atomic E-state index is -3.88. The summed E-state index contributed by atoms with van der Waals surface area (Å²) >= 11 is 1.44. The van der Waals surface area contributed by atoms with Crippen LogP contribution in [0.4, 0.5) is 0 Å². The molecule has 2 N–H and O–H groups in total. The van der Waals surface area contributed by atoms with Crippen molar-refractivity contribution in [1.82, 2.24) is 15.0 Å². The summed E-state index contributed by atoms with van der Waals surface area (Å²) in [6.07, 6.45) is 0.239.